The van der Waals surface area contributed by atoms with Crippen LogP contribution in [0.4, 0.5) is 0 Å². The molecule has 0 fully saturated rings. The number of hydrogen-bond donors (Lipinski definition) is 1. The van der Waals surface area contributed by atoms with Crippen molar-refractivity contribution in [1.82, 2.24) is 5.32 Å². The predicted molar refractivity (Wildman–Crippen MR) is 92.9 cm³/mol. The van der Waals surface area contributed by atoms with E-state index in [9.17, 15) is 4.79 Å². The summed E-state index contributed by atoms with van der Waals surface area (Å²) in [6, 6.07) is 17.6. The van der Waals surface area contributed by atoms with Crippen LogP contribution in [0.15, 0.2) is 54.6 Å². The molecule has 1 N–H and O–H groups in total. The summed E-state index contributed by atoms with van der Waals surface area (Å²) >= 11 is 0. The molecule has 0 bridgehead atoms. The molecule has 0 saturated carbocycles. The van der Waals surface area contributed by atoms with E-state index in [1.165, 1.54) is 6.92 Å². The van der Waals surface area contributed by atoms with E-state index in [0.717, 1.165) is 16.9 Å². The fraction of sp³-hybridized carbons (Fsp3) is 0.278. The number of ether oxygens (including phenoxy) is 2. The summed E-state index contributed by atoms with van der Waals surface area (Å²) in [5.74, 6) is 0.463. The number of esters is 1. The zero-order chi connectivity index (χ0) is 15.8. The lowest BCUT2D eigenvalue weighted by Crippen LogP contribution is -2.21. The molecule has 0 aliphatic heterocycles. The molecule has 0 amide bonds. The molecule has 5 heteroatoms. The van der Waals surface area contributed by atoms with Gasteiger partial charge in [-0.1, -0.05) is 42.5 Å². The van der Waals surface area contributed by atoms with Crippen LogP contribution in [0.25, 0.3) is 0 Å². The Morgan fingerprint density at radius 1 is 1.13 bits per heavy atom. The molecule has 0 aliphatic rings. The van der Waals surface area contributed by atoms with Gasteiger partial charge in [0.25, 0.3) is 0 Å². The molecule has 2 aromatic rings. The second-order valence-electron chi connectivity index (χ2n) is 5.00. The summed E-state index contributed by atoms with van der Waals surface area (Å²) in [7, 11) is 1.83. The first-order valence-electron chi connectivity index (χ1n) is 7.27. The number of carbonyl (C=O) groups excluding carboxylic acids is 1. The first kappa shape index (κ1) is 19.0. The van der Waals surface area contributed by atoms with E-state index in [1.807, 2.05) is 61.6 Å². The van der Waals surface area contributed by atoms with Crippen molar-refractivity contribution >= 4 is 18.4 Å². The van der Waals surface area contributed by atoms with Gasteiger partial charge in [-0.25, -0.2) is 0 Å². The van der Waals surface area contributed by atoms with Crippen LogP contribution in [0, 0.1) is 0 Å². The van der Waals surface area contributed by atoms with Crippen molar-refractivity contribution in [3.63, 3.8) is 0 Å². The van der Waals surface area contributed by atoms with Crippen LogP contribution in [0.3, 0.4) is 0 Å². The standard InChI is InChI=1S/C18H21NO3.ClH/c1-14(20)22-18(12-19-2)16-9-6-10-17(11-16)21-13-15-7-4-3-5-8-15;/h3-11,18-19H,12-13H2,1-2H3;1H. The normalized spacial score (nSPS) is 11.2. The van der Waals surface area contributed by atoms with Gasteiger partial charge in [0, 0.05) is 13.5 Å². The van der Waals surface area contributed by atoms with Crippen LogP contribution in [0.2, 0.25) is 0 Å². The van der Waals surface area contributed by atoms with Crippen molar-refractivity contribution in [2.24, 2.45) is 0 Å². The van der Waals surface area contributed by atoms with E-state index in [0.29, 0.717) is 13.2 Å². The van der Waals surface area contributed by atoms with Gasteiger partial charge in [-0.3, -0.25) is 4.79 Å². The maximum absolute atomic E-state index is 11.2. The number of carbonyl (C=O) groups is 1. The molecular formula is C18H22ClNO3. The van der Waals surface area contributed by atoms with Crippen LogP contribution in [0.5, 0.6) is 5.75 Å². The molecule has 0 aliphatic carbocycles. The van der Waals surface area contributed by atoms with Gasteiger partial charge in [0.05, 0.1) is 0 Å². The molecule has 124 valence electrons. The monoisotopic (exact) mass is 335 g/mol. The summed E-state index contributed by atoms with van der Waals surface area (Å²) < 4.78 is 11.1. The fourth-order valence-corrected chi connectivity index (χ4v) is 2.16. The van der Waals surface area contributed by atoms with Gasteiger partial charge in [0.2, 0.25) is 0 Å². The Hall–Kier alpha value is -2.04. The van der Waals surface area contributed by atoms with Gasteiger partial charge in [-0.05, 0) is 30.3 Å². The maximum atomic E-state index is 11.2. The first-order chi connectivity index (χ1) is 10.7. The van der Waals surface area contributed by atoms with Crippen LogP contribution in [-0.4, -0.2) is 19.6 Å². The topological polar surface area (TPSA) is 47.6 Å². The summed E-state index contributed by atoms with van der Waals surface area (Å²) in [6.45, 7) is 2.48. The highest BCUT2D eigenvalue weighted by molar-refractivity contribution is 5.85. The molecule has 1 atom stereocenters. The van der Waals surface area contributed by atoms with Gasteiger partial charge >= 0.3 is 5.97 Å². The average Bonchev–Trinajstić information content (AvgIpc) is 2.53. The lowest BCUT2D eigenvalue weighted by Gasteiger charge is -2.18. The van der Waals surface area contributed by atoms with E-state index in [2.05, 4.69) is 5.32 Å². The largest absolute Gasteiger partial charge is 0.489 e. The highest BCUT2D eigenvalue weighted by Gasteiger charge is 2.14. The molecule has 2 rings (SSSR count). The van der Waals surface area contributed by atoms with Gasteiger partial charge < -0.3 is 14.8 Å². The SMILES string of the molecule is CNCC(OC(C)=O)c1cccc(OCc2ccccc2)c1.Cl. The minimum atomic E-state index is -0.317. The average molecular weight is 336 g/mol. The molecule has 0 spiro atoms. The van der Waals surface area contributed by atoms with Crippen molar-refractivity contribution in [2.45, 2.75) is 19.6 Å². The second-order valence-corrected chi connectivity index (χ2v) is 5.00. The second kappa shape index (κ2) is 9.87. The Kier molecular flexibility index (Phi) is 8.16. The molecular weight excluding hydrogens is 314 g/mol. The Morgan fingerprint density at radius 3 is 2.52 bits per heavy atom. The molecule has 0 aromatic heterocycles. The minimum absolute atomic E-state index is 0. The van der Waals surface area contributed by atoms with Crippen molar-refractivity contribution in [1.29, 1.82) is 0 Å². The van der Waals surface area contributed by atoms with Crippen LogP contribution >= 0.6 is 12.4 Å². The van der Waals surface area contributed by atoms with Gasteiger partial charge in [0.15, 0.2) is 0 Å². The zero-order valence-corrected chi connectivity index (χ0v) is 14.1. The molecule has 0 saturated heterocycles. The number of rotatable bonds is 7. The smallest absolute Gasteiger partial charge is 0.303 e. The van der Waals surface area contributed by atoms with Crippen molar-refractivity contribution in [3.8, 4) is 5.75 Å². The van der Waals surface area contributed by atoms with Gasteiger partial charge in [-0.2, -0.15) is 0 Å². The quantitative estimate of drug-likeness (QED) is 0.787. The first-order valence-corrected chi connectivity index (χ1v) is 7.27. The molecule has 2 aromatic carbocycles. The fourth-order valence-electron chi connectivity index (χ4n) is 2.16. The minimum Gasteiger partial charge on any atom is -0.489 e. The molecule has 0 radical (unpaired) electrons. The Labute approximate surface area is 143 Å². The predicted octanol–water partition coefficient (Wildman–Crippen LogP) is 3.51. The van der Waals surface area contributed by atoms with Crippen molar-refractivity contribution < 1.29 is 14.3 Å². The third-order valence-electron chi connectivity index (χ3n) is 3.18. The molecule has 23 heavy (non-hydrogen) atoms. The number of benzene rings is 2. The number of nitrogens with one attached hydrogen (secondary N) is 1. The highest BCUT2D eigenvalue weighted by atomic mass is 35.5. The summed E-state index contributed by atoms with van der Waals surface area (Å²) in [5, 5.41) is 3.03. The van der Waals surface area contributed by atoms with Crippen LogP contribution in [0.1, 0.15) is 24.2 Å². The number of halogens is 1. The molecule has 1 unspecified atom stereocenters. The summed E-state index contributed by atoms with van der Waals surface area (Å²) in [5.41, 5.74) is 2.02. The third-order valence-corrected chi connectivity index (χ3v) is 3.18. The lowest BCUT2D eigenvalue weighted by molar-refractivity contribution is -0.146. The van der Waals surface area contributed by atoms with Crippen LogP contribution in [-0.2, 0) is 16.1 Å². The van der Waals surface area contributed by atoms with Crippen LogP contribution < -0.4 is 10.1 Å². The lowest BCUT2D eigenvalue weighted by atomic mass is 10.1. The van der Waals surface area contributed by atoms with Crippen molar-refractivity contribution in [2.75, 3.05) is 13.6 Å². The summed E-state index contributed by atoms with van der Waals surface area (Å²) in [6.07, 6.45) is -0.317. The maximum Gasteiger partial charge on any atom is 0.303 e. The van der Waals surface area contributed by atoms with Crippen molar-refractivity contribution in [3.05, 3.63) is 65.7 Å². The third kappa shape index (κ3) is 6.30. The van der Waals surface area contributed by atoms with E-state index in [1.54, 1.807) is 0 Å². The van der Waals surface area contributed by atoms with E-state index in [4.69, 9.17) is 9.47 Å². The summed E-state index contributed by atoms with van der Waals surface area (Å²) in [4.78, 5) is 11.2. The molecule has 4 nitrogen and oxygen atoms in total. The van der Waals surface area contributed by atoms with E-state index >= 15 is 0 Å². The van der Waals surface area contributed by atoms with Gasteiger partial charge in [-0.15, -0.1) is 12.4 Å². The highest BCUT2D eigenvalue weighted by Crippen LogP contribution is 2.22. The van der Waals surface area contributed by atoms with E-state index < -0.39 is 0 Å². The number of hydrogen-bond acceptors (Lipinski definition) is 4. The zero-order valence-electron chi connectivity index (χ0n) is 13.3. The Morgan fingerprint density at radius 2 is 1.87 bits per heavy atom. The Balaban J connectivity index is 0.00000264. The van der Waals surface area contributed by atoms with E-state index in [-0.39, 0.29) is 24.5 Å². The van der Waals surface area contributed by atoms with Gasteiger partial charge in [0.1, 0.15) is 18.5 Å². The number of likely N-dealkylation sites (N-methyl/N-ethyl adjacent to an activating group) is 1. The molecule has 0 heterocycles. The Bertz CT molecular complexity index is 604.